The van der Waals surface area contributed by atoms with E-state index in [2.05, 4.69) is 11.7 Å². The molecule has 0 saturated heterocycles. The lowest BCUT2D eigenvalue weighted by atomic mass is 10.1. The van der Waals surface area contributed by atoms with Crippen LogP contribution in [0.4, 0.5) is 0 Å². The van der Waals surface area contributed by atoms with Gasteiger partial charge < -0.3 is 19.3 Å². The summed E-state index contributed by atoms with van der Waals surface area (Å²) in [5.74, 6) is -0.805. The fraction of sp³-hybridized carbons (Fsp3) is 0.562. The molecule has 1 heterocycles. The number of hydrogen-bond acceptors (Lipinski definition) is 7. The van der Waals surface area contributed by atoms with Crippen LogP contribution in [0, 0.1) is 0 Å². The van der Waals surface area contributed by atoms with Crippen LogP contribution in [0.15, 0.2) is 23.8 Å². The van der Waals surface area contributed by atoms with Gasteiger partial charge in [-0.15, -0.1) is 0 Å². The molecular formula is C16H24N2O4S. The largest absolute Gasteiger partial charge is 0.465 e. The Morgan fingerprint density at radius 3 is 2.26 bits per heavy atom. The second kappa shape index (κ2) is 8.67. The highest BCUT2D eigenvalue weighted by Crippen LogP contribution is 2.27. The topological polar surface area (TPSA) is 59.1 Å². The minimum atomic E-state index is -0.723. The normalized spacial score (nSPS) is 15.9. The molecule has 0 unspecified atom stereocenters. The fourth-order valence-electron chi connectivity index (χ4n) is 2.22. The molecular weight excluding hydrogens is 316 g/mol. The highest BCUT2D eigenvalue weighted by Gasteiger charge is 2.34. The molecule has 0 aromatic carbocycles. The molecule has 0 aliphatic carbocycles. The van der Waals surface area contributed by atoms with E-state index in [0.29, 0.717) is 5.82 Å². The average Bonchev–Trinajstić information content (AvgIpc) is 2.95. The number of nitrogens with zero attached hydrogens (tertiary/aromatic N) is 2. The molecule has 0 spiro atoms. The van der Waals surface area contributed by atoms with Crippen molar-refractivity contribution in [3.05, 3.63) is 23.8 Å². The van der Waals surface area contributed by atoms with Crippen molar-refractivity contribution in [3.8, 4) is 0 Å². The van der Waals surface area contributed by atoms with Gasteiger partial charge in [-0.2, -0.15) is 0 Å². The molecule has 23 heavy (non-hydrogen) atoms. The molecule has 1 aliphatic rings. The van der Waals surface area contributed by atoms with Crippen LogP contribution in [0.2, 0.25) is 0 Å². The minimum absolute atomic E-state index is 0.0594. The first-order valence-corrected chi connectivity index (χ1v) is 7.98. The van der Waals surface area contributed by atoms with Gasteiger partial charge in [0.25, 0.3) is 0 Å². The van der Waals surface area contributed by atoms with E-state index < -0.39 is 11.9 Å². The summed E-state index contributed by atoms with van der Waals surface area (Å²) in [5, 5.41) is 0. The zero-order chi connectivity index (χ0) is 17.6. The predicted molar refractivity (Wildman–Crippen MR) is 91.4 cm³/mol. The molecule has 1 rings (SSSR count). The monoisotopic (exact) mass is 340 g/mol. The Labute approximate surface area is 142 Å². The second-order valence-corrected chi connectivity index (χ2v) is 5.77. The summed E-state index contributed by atoms with van der Waals surface area (Å²) < 4.78 is 9.53. The van der Waals surface area contributed by atoms with E-state index in [1.165, 1.54) is 14.2 Å². The highest BCUT2D eigenvalue weighted by molar-refractivity contribution is 7.82. The Morgan fingerprint density at radius 2 is 1.78 bits per heavy atom. The van der Waals surface area contributed by atoms with E-state index >= 15 is 0 Å². The summed E-state index contributed by atoms with van der Waals surface area (Å²) in [5.41, 5.74) is 0.0594. The molecule has 0 atom stereocenters. The van der Waals surface area contributed by atoms with Crippen molar-refractivity contribution in [1.29, 1.82) is 0 Å². The molecule has 6 nitrogen and oxygen atoms in total. The van der Waals surface area contributed by atoms with Crippen LogP contribution in [-0.4, -0.2) is 53.4 Å². The summed E-state index contributed by atoms with van der Waals surface area (Å²) in [6.45, 7) is 6.78. The van der Waals surface area contributed by atoms with Gasteiger partial charge in [0, 0.05) is 25.0 Å². The third-order valence-corrected chi connectivity index (χ3v) is 3.81. The number of carbonyl (C=O) groups excluding carboxylic acids is 2. The Balaban J connectivity index is 3.42. The third-order valence-electron chi connectivity index (χ3n) is 3.44. The van der Waals surface area contributed by atoms with Crippen LogP contribution in [0.1, 0.15) is 33.6 Å². The summed E-state index contributed by atoms with van der Waals surface area (Å²) in [6.07, 6.45) is 5.71. The number of hydrogen-bond donors (Lipinski definition) is 0. The molecule has 0 bridgehead atoms. The van der Waals surface area contributed by atoms with Gasteiger partial charge in [0.05, 0.1) is 14.2 Å². The van der Waals surface area contributed by atoms with E-state index in [9.17, 15) is 9.59 Å². The number of rotatable bonds is 7. The summed E-state index contributed by atoms with van der Waals surface area (Å²) in [6, 6.07) is 0.0907. The van der Waals surface area contributed by atoms with Crippen molar-refractivity contribution >= 4 is 29.0 Å². The van der Waals surface area contributed by atoms with Crippen molar-refractivity contribution in [3.63, 3.8) is 0 Å². The first kappa shape index (κ1) is 19.2. The van der Waals surface area contributed by atoms with Crippen molar-refractivity contribution in [1.82, 2.24) is 9.80 Å². The highest BCUT2D eigenvalue weighted by atomic mass is 32.1. The van der Waals surface area contributed by atoms with E-state index in [-0.39, 0.29) is 16.5 Å². The van der Waals surface area contributed by atoms with E-state index in [4.69, 9.17) is 17.0 Å². The number of methoxy groups -OCH3 is 2. The number of esters is 2. The van der Waals surface area contributed by atoms with Gasteiger partial charge >= 0.3 is 11.9 Å². The van der Waals surface area contributed by atoms with Gasteiger partial charge in [0.2, 0.25) is 0 Å². The van der Waals surface area contributed by atoms with Crippen molar-refractivity contribution in [2.75, 3.05) is 20.8 Å². The van der Waals surface area contributed by atoms with Crippen molar-refractivity contribution < 1.29 is 19.1 Å². The molecule has 0 saturated carbocycles. The molecule has 0 radical (unpaired) electrons. The second-order valence-electron chi connectivity index (χ2n) is 5.36. The Morgan fingerprint density at radius 1 is 1.17 bits per heavy atom. The third kappa shape index (κ3) is 4.31. The lowest BCUT2D eigenvalue weighted by Crippen LogP contribution is -2.35. The Kier molecular flexibility index (Phi) is 7.22. The Bertz CT molecular complexity index is 540. The molecule has 7 heteroatoms. The maximum Gasteiger partial charge on any atom is 0.349 e. The van der Waals surface area contributed by atoms with Gasteiger partial charge in [0.15, 0.2) is 0 Å². The first-order chi connectivity index (χ1) is 10.9. The molecule has 128 valence electrons. The molecule has 1 aliphatic heterocycles. The number of thiocarbonyl (C=S) groups is 1. The average molecular weight is 340 g/mol. The van der Waals surface area contributed by atoms with Gasteiger partial charge in [-0.1, -0.05) is 25.6 Å². The number of carbonyl (C=O) groups is 2. The van der Waals surface area contributed by atoms with Gasteiger partial charge in [-0.25, -0.2) is 9.59 Å². The molecule has 0 fully saturated rings. The van der Waals surface area contributed by atoms with Crippen LogP contribution in [0.3, 0.4) is 0 Å². The molecule has 0 N–H and O–H groups in total. The van der Waals surface area contributed by atoms with Crippen LogP contribution in [0.5, 0.6) is 0 Å². The van der Waals surface area contributed by atoms with Gasteiger partial charge in [-0.05, 0) is 20.3 Å². The summed E-state index contributed by atoms with van der Waals surface area (Å²) in [7, 11) is 2.50. The lowest BCUT2D eigenvalue weighted by molar-refractivity contribution is -0.137. The first-order valence-electron chi connectivity index (χ1n) is 7.57. The molecule has 0 amide bonds. The molecule has 0 aromatic heterocycles. The van der Waals surface area contributed by atoms with Gasteiger partial charge in [-0.3, -0.25) is 0 Å². The standard InChI is InChI=1S/C16H24N2O4S/c1-6-7-8-17-9-10-18(11(2)3)14(17)12(15(19)21-4)13(23)16(20)22-5/h9-11H,6-8H2,1-5H3/b14-12+. The number of unbranched alkanes of at least 4 members (excludes halogenated alkanes) is 1. The minimum Gasteiger partial charge on any atom is -0.465 e. The van der Waals surface area contributed by atoms with Crippen LogP contribution in [-0.2, 0) is 19.1 Å². The Hall–Kier alpha value is -1.89. The molecule has 0 aromatic rings. The zero-order valence-electron chi connectivity index (χ0n) is 14.3. The van der Waals surface area contributed by atoms with Crippen molar-refractivity contribution in [2.45, 2.75) is 39.7 Å². The predicted octanol–water partition coefficient (Wildman–Crippen LogP) is 2.21. The SMILES string of the molecule is CCCCN1C=CN(C(C)C)/C1=C(/C(=O)OC)C(=S)C(=O)OC. The maximum absolute atomic E-state index is 12.3. The summed E-state index contributed by atoms with van der Waals surface area (Å²) >= 11 is 5.17. The van der Waals surface area contributed by atoms with E-state index in [1.807, 2.05) is 36.0 Å². The van der Waals surface area contributed by atoms with Crippen LogP contribution in [0.25, 0.3) is 0 Å². The van der Waals surface area contributed by atoms with Crippen LogP contribution < -0.4 is 0 Å². The van der Waals surface area contributed by atoms with Crippen LogP contribution >= 0.6 is 12.2 Å². The van der Waals surface area contributed by atoms with E-state index in [0.717, 1.165) is 19.4 Å². The quantitative estimate of drug-likeness (QED) is 0.400. The summed E-state index contributed by atoms with van der Waals surface area (Å²) in [4.78, 5) is 27.8. The fourth-order valence-corrected chi connectivity index (χ4v) is 2.48. The maximum atomic E-state index is 12.3. The lowest BCUT2D eigenvalue weighted by Gasteiger charge is -2.29. The van der Waals surface area contributed by atoms with Crippen molar-refractivity contribution in [2.24, 2.45) is 0 Å². The van der Waals surface area contributed by atoms with Gasteiger partial charge in [0.1, 0.15) is 16.3 Å². The van der Waals surface area contributed by atoms with E-state index in [1.54, 1.807) is 0 Å². The zero-order valence-corrected chi connectivity index (χ0v) is 15.1. The smallest absolute Gasteiger partial charge is 0.349 e. The number of ether oxygens (including phenoxy) is 2.